The molecular weight excluding hydrogens is 237 g/mol. The van der Waals surface area contributed by atoms with Crippen molar-refractivity contribution in [1.82, 2.24) is 0 Å². The number of hydrogen-bond acceptors (Lipinski definition) is 4. The number of halogens is 1. The zero-order valence-corrected chi connectivity index (χ0v) is 10.8. The lowest BCUT2D eigenvalue weighted by molar-refractivity contribution is 0.0970. The topological polar surface area (TPSA) is 52.9 Å². The van der Waals surface area contributed by atoms with Crippen LogP contribution in [0, 0.1) is 5.82 Å². The number of aliphatic hydroxyl groups excluding tert-OH is 2. The van der Waals surface area contributed by atoms with E-state index in [4.69, 9.17) is 9.84 Å². The molecule has 0 saturated heterocycles. The van der Waals surface area contributed by atoms with Crippen LogP contribution in [0.5, 0.6) is 0 Å². The Morgan fingerprint density at radius 2 is 2.11 bits per heavy atom. The van der Waals surface area contributed by atoms with Crippen LogP contribution in [0.2, 0.25) is 0 Å². The van der Waals surface area contributed by atoms with Gasteiger partial charge in [-0.05, 0) is 13.0 Å². The van der Waals surface area contributed by atoms with Gasteiger partial charge >= 0.3 is 0 Å². The molecule has 1 aromatic rings. The summed E-state index contributed by atoms with van der Waals surface area (Å²) in [6.45, 7) is 2.73. The van der Waals surface area contributed by atoms with Crippen molar-refractivity contribution in [3.05, 3.63) is 29.6 Å². The van der Waals surface area contributed by atoms with E-state index < -0.39 is 6.10 Å². The molecule has 0 amide bonds. The summed E-state index contributed by atoms with van der Waals surface area (Å²) in [7, 11) is 1.74. The van der Waals surface area contributed by atoms with E-state index in [-0.39, 0.29) is 19.0 Å². The number of benzene rings is 1. The minimum absolute atomic E-state index is 0.0255. The second kappa shape index (κ2) is 7.31. The maximum absolute atomic E-state index is 13.8. The number of ether oxygens (including phenoxy) is 1. The summed E-state index contributed by atoms with van der Waals surface area (Å²) in [5.74, 6) is -0.363. The Bertz CT molecular complexity index is 371. The molecule has 102 valence electrons. The first-order chi connectivity index (χ1) is 8.57. The standard InChI is InChI=1S/C13H20FNO3/c1-10(17)11-4-3-5-12(14)13(11)15(2)6-8-18-9-7-16/h3-5,10,16-17H,6-9H2,1-2H3/t10-/m0/s1. The number of aliphatic hydroxyl groups is 2. The lowest BCUT2D eigenvalue weighted by atomic mass is 10.1. The summed E-state index contributed by atoms with van der Waals surface area (Å²) in [6, 6.07) is 4.65. The Kier molecular flexibility index (Phi) is 6.04. The third kappa shape index (κ3) is 3.94. The normalized spacial score (nSPS) is 12.5. The Hall–Kier alpha value is -1.17. The van der Waals surface area contributed by atoms with Crippen LogP contribution in [-0.2, 0) is 4.74 Å². The van der Waals surface area contributed by atoms with Gasteiger partial charge in [0, 0.05) is 19.2 Å². The Labute approximate surface area is 107 Å². The van der Waals surface area contributed by atoms with Gasteiger partial charge in [0.1, 0.15) is 5.82 Å². The van der Waals surface area contributed by atoms with Gasteiger partial charge in [-0.1, -0.05) is 12.1 Å². The molecule has 0 radical (unpaired) electrons. The fourth-order valence-corrected chi connectivity index (χ4v) is 1.75. The summed E-state index contributed by atoms with van der Waals surface area (Å²) >= 11 is 0. The van der Waals surface area contributed by atoms with E-state index in [1.807, 2.05) is 0 Å². The molecule has 0 aromatic heterocycles. The molecule has 0 aliphatic heterocycles. The van der Waals surface area contributed by atoms with Crippen molar-refractivity contribution in [2.45, 2.75) is 13.0 Å². The summed E-state index contributed by atoms with van der Waals surface area (Å²) in [5.41, 5.74) is 0.944. The number of hydrogen-bond donors (Lipinski definition) is 2. The Morgan fingerprint density at radius 3 is 2.72 bits per heavy atom. The Balaban J connectivity index is 2.74. The molecule has 0 spiro atoms. The minimum Gasteiger partial charge on any atom is -0.394 e. The van der Waals surface area contributed by atoms with Crippen molar-refractivity contribution in [1.29, 1.82) is 0 Å². The minimum atomic E-state index is -0.725. The molecule has 1 rings (SSSR count). The van der Waals surface area contributed by atoms with Gasteiger partial charge in [-0.2, -0.15) is 0 Å². The van der Waals surface area contributed by atoms with E-state index in [0.29, 0.717) is 24.4 Å². The summed E-state index contributed by atoms with van der Waals surface area (Å²) in [5, 5.41) is 18.2. The molecule has 0 heterocycles. The van der Waals surface area contributed by atoms with Crippen LogP contribution in [0.25, 0.3) is 0 Å². The summed E-state index contributed by atoms with van der Waals surface area (Å²) < 4.78 is 18.9. The van der Waals surface area contributed by atoms with E-state index >= 15 is 0 Å². The quantitative estimate of drug-likeness (QED) is 0.723. The molecule has 1 aromatic carbocycles. The molecule has 0 aliphatic rings. The van der Waals surface area contributed by atoms with Gasteiger partial charge in [-0.25, -0.2) is 4.39 Å². The van der Waals surface area contributed by atoms with Gasteiger partial charge in [-0.15, -0.1) is 0 Å². The molecule has 2 N–H and O–H groups in total. The van der Waals surface area contributed by atoms with Gasteiger partial charge in [0.2, 0.25) is 0 Å². The lowest BCUT2D eigenvalue weighted by Crippen LogP contribution is -2.25. The van der Waals surface area contributed by atoms with Crippen molar-refractivity contribution in [3.8, 4) is 0 Å². The van der Waals surface area contributed by atoms with Gasteiger partial charge < -0.3 is 19.8 Å². The zero-order chi connectivity index (χ0) is 13.5. The molecule has 1 atom stereocenters. The molecular formula is C13H20FNO3. The fraction of sp³-hybridized carbons (Fsp3) is 0.538. The third-order valence-corrected chi connectivity index (χ3v) is 2.66. The average Bonchev–Trinajstić information content (AvgIpc) is 2.34. The van der Waals surface area contributed by atoms with Crippen LogP contribution in [0.4, 0.5) is 10.1 Å². The summed E-state index contributed by atoms with van der Waals surface area (Å²) in [4.78, 5) is 1.70. The Morgan fingerprint density at radius 1 is 1.39 bits per heavy atom. The van der Waals surface area contributed by atoms with E-state index in [0.717, 1.165) is 0 Å². The van der Waals surface area contributed by atoms with Gasteiger partial charge in [0.05, 0.1) is 31.6 Å². The van der Waals surface area contributed by atoms with Crippen molar-refractivity contribution < 1.29 is 19.3 Å². The number of anilines is 1. The average molecular weight is 257 g/mol. The maximum atomic E-state index is 13.8. The number of nitrogens with zero attached hydrogens (tertiary/aromatic N) is 1. The third-order valence-electron chi connectivity index (χ3n) is 2.66. The highest BCUT2D eigenvalue weighted by Crippen LogP contribution is 2.28. The van der Waals surface area contributed by atoms with Gasteiger partial charge in [0.15, 0.2) is 0 Å². The van der Waals surface area contributed by atoms with E-state index in [9.17, 15) is 9.50 Å². The van der Waals surface area contributed by atoms with Crippen LogP contribution in [0.3, 0.4) is 0 Å². The van der Waals surface area contributed by atoms with E-state index in [1.54, 1.807) is 31.0 Å². The van der Waals surface area contributed by atoms with E-state index in [2.05, 4.69) is 0 Å². The second-order valence-corrected chi connectivity index (χ2v) is 4.11. The van der Waals surface area contributed by atoms with Crippen LogP contribution in [0.15, 0.2) is 18.2 Å². The molecule has 0 fully saturated rings. The predicted octanol–water partition coefficient (Wildman–Crippen LogP) is 1.32. The number of para-hydroxylation sites is 1. The fourth-order valence-electron chi connectivity index (χ4n) is 1.75. The molecule has 4 nitrogen and oxygen atoms in total. The molecule has 0 unspecified atom stereocenters. The van der Waals surface area contributed by atoms with Gasteiger partial charge in [-0.3, -0.25) is 0 Å². The molecule has 18 heavy (non-hydrogen) atoms. The second-order valence-electron chi connectivity index (χ2n) is 4.11. The van der Waals surface area contributed by atoms with Crippen LogP contribution in [0.1, 0.15) is 18.6 Å². The van der Waals surface area contributed by atoms with Gasteiger partial charge in [0.25, 0.3) is 0 Å². The SMILES string of the molecule is C[C@H](O)c1cccc(F)c1N(C)CCOCCO. The molecule has 0 bridgehead atoms. The molecule has 0 saturated carbocycles. The predicted molar refractivity (Wildman–Crippen MR) is 68.2 cm³/mol. The monoisotopic (exact) mass is 257 g/mol. The number of rotatable bonds is 7. The van der Waals surface area contributed by atoms with Crippen molar-refractivity contribution in [3.63, 3.8) is 0 Å². The van der Waals surface area contributed by atoms with Crippen molar-refractivity contribution in [2.75, 3.05) is 38.3 Å². The van der Waals surface area contributed by atoms with Crippen LogP contribution < -0.4 is 4.90 Å². The maximum Gasteiger partial charge on any atom is 0.146 e. The molecule has 0 aliphatic carbocycles. The highest BCUT2D eigenvalue weighted by atomic mass is 19.1. The highest BCUT2D eigenvalue weighted by Gasteiger charge is 2.15. The van der Waals surface area contributed by atoms with Crippen LogP contribution >= 0.6 is 0 Å². The smallest absolute Gasteiger partial charge is 0.146 e. The van der Waals surface area contributed by atoms with Crippen molar-refractivity contribution >= 4 is 5.69 Å². The summed E-state index contributed by atoms with van der Waals surface area (Å²) in [6.07, 6.45) is -0.725. The van der Waals surface area contributed by atoms with E-state index in [1.165, 1.54) is 6.07 Å². The largest absolute Gasteiger partial charge is 0.394 e. The highest BCUT2D eigenvalue weighted by molar-refractivity contribution is 5.55. The number of likely N-dealkylation sites (N-methyl/N-ethyl adjacent to an activating group) is 1. The van der Waals surface area contributed by atoms with Crippen molar-refractivity contribution in [2.24, 2.45) is 0 Å². The first-order valence-electron chi connectivity index (χ1n) is 5.94. The van der Waals surface area contributed by atoms with Crippen LogP contribution in [-0.4, -0.2) is 43.6 Å². The first kappa shape index (κ1) is 14.9. The lowest BCUT2D eigenvalue weighted by Gasteiger charge is -2.24. The first-order valence-corrected chi connectivity index (χ1v) is 5.94. The molecule has 5 heteroatoms. The zero-order valence-electron chi connectivity index (χ0n) is 10.8.